The van der Waals surface area contributed by atoms with Crippen molar-refractivity contribution >= 4 is 17.6 Å². The minimum Gasteiger partial charge on any atom is -0.444 e. The number of pyridine rings is 1. The molecule has 0 radical (unpaired) electrons. The number of amides is 1. The Labute approximate surface area is 261 Å². The lowest BCUT2D eigenvalue weighted by molar-refractivity contribution is -0.141. The van der Waals surface area contributed by atoms with Crippen LogP contribution in [0.1, 0.15) is 68.5 Å². The van der Waals surface area contributed by atoms with Crippen LogP contribution in [-0.4, -0.2) is 94.2 Å². The molecule has 3 aliphatic rings. The Morgan fingerprint density at radius 3 is 2.31 bits per heavy atom. The lowest BCUT2D eigenvalue weighted by Crippen LogP contribution is -2.66. The van der Waals surface area contributed by atoms with Crippen LogP contribution in [0.2, 0.25) is 0 Å². The van der Waals surface area contributed by atoms with Gasteiger partial charge in [-0.1, -0.05) is 0 Å². The van der Waals surface area contributed by atoms with E-state index in [2.05, 4.69) is 21.1 Å². The largest absolute Gasteiger partial charge is 0.444 e. The van der Waals surface area contributed by atoms with Gasteiger partial charge in [0, 0.05) is 76.6 Å². The first-order chi connectivity index (χ1) is 21.2. The first kappa shape index (κ1) is 32.4. The molecule has 11 nitrogen and oxygen atoms in total. The predicted octanol–water partition coefficient (Wildman–Crippen LogP) is 4.42. The Bertz CT molecular complexity index is 1470. The van der Waals surface area contributed by atoms with Crippen molar-refractivity contribution in [3.63, 3.8) is 0 Å². The highest BCUT2D eigenvalue weighted by Crippen LogP contribution is 2.40. The number of carbonyl (C=O) groups is 1. The highest BCUT2D eigenvalue weighted by molar-refractivity contribution is 5.69. The third-order valence-electron chi connectivity index (χ3n) is 8.94. The molecule has 2 aromatic rings. The van der Waals surface area contributed by atoms with Gasteiger partial charge in [-0.25, -0.2) is 9.78 Å². The number of halogens is 3. The Kier molecular flexibility index (Phi) is 8.91. The Morgan fingerprint density at radius 2 is 1.76 bits per heavy atom. The van der Waals surface area contributed by atoms with Gasteiger partial charge in [-0.05, 0) is 46.1 Å². The van der Waals surface area contributed by atoms with Crippen LogP contribution in [0.5, 0.6) is 0 Å². The maximum Gasteiger partial charge on any atom is 0.434 e. The van der Waals surface area contributed by atoms with E-state index in [9.17, 15) is 28.5 Å². The van der Waals surface area contributed by atoms with Gasteiger partial charge in [0.1, 0.15) is 23.1 Å². The topological polar surface area (TPSA) is 118 Å². The Hall–Kier alpha value is -4.04. The number of piperidine rings is 1. The number of piperazine rings is 1. The van der Waals surface area contributed by atoms with E-state index in [1.807, 2.05) is 29.7 Å². The van der Waals surface area contributed by atoms with Crippen molar-refractivity contribution in [2.75, 3.05) is 55.6 Å². The summed E-state index contributed by atoms with van der Waals surface area (Å²) in [5.41, 5.74) is 0.191. The van der Waals surface area contributed by atoms with E-state index in [4.69, 9.17) is 4.74 Å². The van der Waals surface area contributed by atoms with Crippen LogP contribution in [0.25, 0.3) is 0 Å². The number of aromatic nitrogens is 3. The number of carbonyl (C=O) groups excluding carboxylic acids is 1. The molecule has 0 aliphatic carbocycles. The number of ether oxygens (including phenoxy) is 1. The fraction of sp³-hybridized carbons (Fsp3) is 0.645. The van der Waals surface area contributed by atoms with Gasteiger partial charge in [0.25, 0.3) is 0 Å². The minimum atomic E-state index is -4.78. The molecule has 1 amide bonds. The van der Waals surface area contributed by atoms with Crippen molar-refractivity contribution in [1.82, 2.24) is 24.6 Å². The second kappa shape index (κ2) is 12.4. The van der Waals surface area contributed by atoms with Crippen LogP contribution in [0, 0.1) is 29.6 Å². The normalized spacial score (nSPS) is 20.5. The summed E-state index contributed by atoms with van der Waals surface area (Å²) in [6.07, 6.45) is -1.76. The highest BCUT2D eigenvalue weighted by Gasteiger charge is 2.43. The summed E-state index contributed by atoms with van der Waals surface area (Å²) in [6.45, 7) is 10.7. The van der Waals surface area contributed by atoms with Crippen LogP contribution < -0.4 is 9.80 Å². The van der Waals surface area contributed by atoms with Crippen molar-refractivity contribution in [3.05, 3.63) is 34.8 Å². The van der Waals surface area contributed by atoms with Gasteiger partial charge >= 0.3 is 12.3 Å². The van der Waals surface area contributed by atoms with Gasteiger partial charge in [0.15, 0.2) is 5.69 Å². The summed E-state index contributed by atoms with van der Waals surface area (Å²) in [5, 5.41) is 23.6. The smallest absolute Gasteiger partial charge is 0.434 e. The van der Waals surface area contributed by atoms with Crippen molar-refractivity contribution in [3.8, 4) is 12.1 Å². The first-order valence-corrected chi connectivity index (χ1v) is 15.3. The summed E-state index contributed by atoms with van der Waals surface area (Å²) in [5.74, 6) is 0.477. The summed E-state index contributed by atoms with van der Waals surface area (Å²) in [7, 11) is 1.91. The van der Waals surface area contributed by atoms with E-state index in [-0.39, 0.29) is 35.9 Å². The van der Waals surface area contributed by atoms with Crippen LogP contribution >= 0.6 is 0 Å². The maximum atomic E-state index is 14.2. The van der Waals surface area contributed by atoms with Gasteiger partial charge in [-0.15, -0.1) is 0 Å². The molecule has 14 heteroatoms. The molecular weight excluding hydrogens is 587 g/mol. The quantitative estimate of drug-likeness (QED) is 0.475. The number of anilines is 2. The first-order valence-electron chi connectivity index (χ1n) is 15.3. The second-order valence-corrected chi connectivity index (χ2v) is 13.2. The van der Waals surface area contributed by atoms with Gasteiger partial charge in [-0.3, -0.25) is 9.58 Å². The number of alkyl halides is 3. The molecule has 3 fully saturated rings. The average molecular weight is 628 g/mol. The molecule has 1 atom stereocenters. The molecule has 3 saturated heterocycles. The van der Waals surface area contributed by atoms with Crippen LogP contribution in [0.3, 0.4) is 0 Å². The molecule has 0 saturated carbocycles. The zero-order valence-corrected chi connectivity index (χ0v) is 26.4. The average Bonchev–Trinajstić information content (AvgIpc) is 3.28. The molecule has 0 spiro atoms. The highest BCUT2D eigenvalue weighted by atomic mass is 19.4. The van der Waals surface area contributed by atoms with Gasteiger partial charge in [-0.2, -0.15) is 28.8 Å². The predicted molar refractivity (Wildman–Crippen MR) is 161 cm³/mol. The molecule has 2 aromatic heterocycles. The summed E-state index contributed by atoms with van der Waals surface area (Å²) >= 11 is 0. The Balaban J connectivity index is 1.31. The molecule has 45 heavy (non-hydrogen) atoms. The van der Waals surface area contributed by atoms with Crippen LogP contribution in [0.15, 0.2) is 12.3 Å². The molecule has 0 N–H and O–H groups in total. The fourth-order valence-corrected chi connectivity index (χ4v) is 6.71. The molecule has 5 rings (SSSR count). The molecule has 0 bridgehead atoms. The lowest BCUT2D eigenvalue weighted by Gasteiger charge is -2.51. The molecule has 3 aliphatic heterocycles. The molecular formula is C31H40F3N9O2. The minimum absolute atomic E-state index is 0.00218. The van der Waals surface area contributed by atoms with Gasteiger partial charge < -0.3 is 19.4 Å². The van der Waals surface area contributed by atoms with E-state index in [1.54, 1.807) is 42.7 Å². The van der Waals surface area contributed by atoms with Crippen LogP contribution in [0.4, 0.5) is 29.5 Å². The number of hydrogen-bond acceptors (Lipinski definition) is 9. The third-order valence-corrected chi connectivity index (χ3v) is 8.94. The van der Waals surface area contributed by atoms with Crippen molar-refractivity contribution in [1.29, 1.82) is 10.5 Å². The van der Waals surface area contributed by atoms with Gasteiger partial charge in [0.2, 0.25) is 0 Å². The fourth-order valence-electron chi connectivity index (χ4n) is 6.71. The zero-order valence-electron chi connectivity index (χ0n) is 26.4. The summed E-state index contributed by atoms with van der Waals surface area (Å²) in [4.78, 5) is 24.2. The standard InChI is InChI=1S/C31H40F3N9O2/c1-20-16-37-39(5)27(20)21-7-10-40(11-8-21)26-14-25(24(15-36)28(38-26)31(32,33)34)42-18-23(19-42)41-12-13-43(22(17-41)6-9-35)29(44)45-30(2,3)4/h14,16,21-23H,6-8,10-13,17-19H2,1-5H3/t22-/m0/s1. The number of nitriles is 2. The summed E-state index contributed by atoms with van der Waals surface area (Å²) < 4.78 is 50.1. The number of aryl methyl sites for hydroxylation is 2. The molecule has 5 heterocycles. The SMILES string of the molecule is Cc1cnn(C)c1C1CCN(c2cc(N3CC(N4CCN(C(=O)OC(C)(C)C)[C@@H](CC#N)C4)C3)c(C#N)c(C(F)(F)F)n2)CC1. The third kappa shape index (κ3) is 6.81. The van der Waals surface area contributed by atoms with Crippen molar-refractivity contribution in [2.45, 2.75) is 76.7 Å². The lowest BCUT2D eigenvalue weighted by atomic mass is 9.91. The molecule has 0 unspecified atom stereocenters. The second-order valence-electron chi connectivity index (χ2n) is 13.2. The van der Waals surface area contributed by atoms with E-state index in [0.29, 0.717) is 45.8 Å². The van der Waals surface area contributed by atoms with E-state index >= 15 is 0 Å². The zero-order chi connectivity index (χ0) is 32.7. The van der Waals surface area contributed by atoms with Gasteiger partial charge in [0.05, 0.1) is 30.4 Å². The molecule has 242 valence electrons. The number of nitrogens with zero attached hydrogens (tertiary/aromatic N) is 9. The van der Waals surface area contributed by atoms with Crippen LogP contribution in [-0.2, 0) is 18.0 Å². The molecule has 0 aromatic carbocycles. The Morgan fingerprint density at radius 1 is 1.07 bits per heavy atom. The monoisotopic (exact) mass is 627 g/mol. The van der Waals surface area contributed by atoms with E-state index in [1.165, 1.54) is 0 Å². The van der Waals surface area contributed by atoms with E-state index < -0.39 is 29.1 Å². The number of hydrogen-bond donors (Lipinski definition) is 0. The maximum absolute atomic E-state index is 14.2. The van der Waals surface area contributed by atoms with Crippen molar-refractivity contribution < 1.29 is 22.7 Å². The van der Waals surface area contributed by atoms with E-state index in [0.717, 1.165) is 24.1 Å². The summed E-state index contributed by atoms with van der Waals surface area (Å²) in [6, 6.07) is 5.21. The number of rotatable bonds is 5. The van der Waals surface area contributed by atoms with Crippen molar-refractivity contribution in [2.24, 2.45) is 7.05 Å².